The molecule has 0 bridgehead atoms. The zero-order valence-corrected chi connectivity index (χ0v) is 17.1. The van der Waals surface area contributed by atoms with Crippen molar-refractivity contribution in [2.75, 3.05) is 12.4 Å². The third kappa shape index (κ3) is 4.08. The highest BCUT2D eigenvalue weighted by Gasteiger charge is 2.16. The van der Waals surface area contributed by atoms with Crippen LogP contribution < -0.4 is 10.9 Å². The largest absolute Gasteiger partial charge is 0.384 e. The van der Waals surface area contributed by atoms with Gasteiger partial charge in [0.1, 0.15) is 17.0 Å². The van der Waals surface area contributed by atoms with Crippen LogP contribution in [-0.4, -0.2) is 26.6 Å². The number of rotatable bonds is 7. The van der Waals surface area contributed by atoms with E-state index in [-0.39, 0.29) is 17.6 Å². The van der Waals surface area contributed by atoms with Crippen molar-refractivity contribution in [1.29, 1.82) is 0 Å². The van der Waals surface area contributed by atoms with Crippen LogP contribution in [0.5, 0.6) is 0 Å². The van der Waals surface area contributed by atoms with Crippen LogP contribution in [0.3, 0.4) is 0 Å². The minimum Gasteiger partial charge on any atom is -0.384 e. The Balaban J connectivity index is 2.07. The van der Waals surface area contributed by atoms with Crippen LogP contribution >= 0.6 is 0 Å². The highest BCUT2D eigenvalue weighted by atomic mass is 19.1. The van der Waals surface area contributed by atoms with Crippen molar-refractivity contribution in [3.63, 3.8) is 0 Å². The van der Waals surface area contributed by atoms with Crippen molar-refractivity contribution in [3.05, 3.63) is 51.7 Å². The third-order valence-corrected chi connectivity index (χ3v) is 4.66. The van der Waals surface area contributed by atoms with Gasteiger partial charge in [0.25, 0.3) is 5.56 Å². The van der Waals surface area contributed by atoms with E-state index in [0.717, 1.165) is 24.2 Å². The summed E-state index contributed by atoms with van der Waals surface area (Å²) in [6, 6.07) is 3.77. The second kappa shape index (κ2) is 8.12. The maximum Gasteiger partial charge on any atom is 0.274 e. The lowest BCUT2D eigenvalue weighted by atomic mass is 10.1. The number of hydrogen-bond acceptors (Lipinski definition) is 4. The fraction of sp³-hybridized carbons (Fsp3) is 0.476. The molecule has 0 aliphatic rings. The maximum atomic E-state index is 14.3. The summed E-state index contributed by atoms with van der Waals surface area (Å²) in [6.45, 7) is 8.67. The van der Waals surface area contributed by atoms with Gasteiger partial charge in [-0.15, -0.1) is 0 Å². The van der Waals surface area contributed by atoms with Gasteiger partial charge in [-0.1, -0.05) is 27.7 Å². The number of imidazole rings is 1. The molecular formula is C21H28FN5O. The van der Waals surface area contributed by atoms with Gasteiger partial charge in [0, 0.05) is 12.7 Å². The Morgan fingerprint density at radius 1 is 1.18 bits per heavy atom. The van der Waals surface area contributed by atoms with Gasteiger partial charge < -0.3 is 14.9 Å². The predicted molar refractivity (Wildman–Crippen MR) is 110 cm³/mol. The van der Waals surface area contributed by atoms with Crippen LogP contribution in [-0.2, 0) is 19.4 Å². The molecule has 0 aliphatic heterocycles. The van der Waals surface area contributed by atoms with Crippen LogP contribution in [0.4, 0.5) is 10.1 Å². The molecule has 0 saturated carbocycles. The van der Waals surface area contributed by atoms with Gasteiger partial charge in [-0.25, -0.2) is 9.37 Å². The summed E-state index contributed by atoms with van der Waals surface area (Å²) in [6.07, 6.45) is 2.73. The van der Waals surface area contributed by atoms with Crippen LogP contribution in [0, 0.1) is 17.7 Å². The van der Waals surface area contributed by atoms with Gasteiger partial charge in [0.15, 0.2) is 5.82 Å². The topological polar surface area (TPSA) is 75.6 Å². The third-order valence-electron chi connectivity index (χ3n) is 4.66. The summed E-state index contributed by atoms with van der Waals surface area (Å²) in [5, 5.41) is 2.93. The van der Waals surface area contributed by atoms with E-state index in [1.54, 1.807) is 17.7 Å². The number of hydrogen-bond donors (Lipinski definition) is 2. The molecule has 0 amide bonds. The molecule has 2 N–H and O–H groups in total. The lowest BCUT2D eigenvalue weighted by molar-refractivity contribution is 0.585. The zero-order valence-electron chi connectivity index (χ0n) is 17.1. The summed E-state index contributed by atoms with van der Waals surface area (Å²) >= 11 is 0. The zero-order chi connectivity index (χ0) is 20.4. The van der Waals surface area contributed by atoms with Crippen LogP contribution in [0.1, 0.15) is 44.9 Å². The molecule has 0 radical (unpaired) electrons. The first-order valence-corrected chi connectivity index (χ1v) is 9.72. The molecule has 28 heavy (non-hydrogen) atoms. The van der Waals surface area contributed by atoms with E-state index in [4.69, 9.17) is 0 Å². The van der Waals surface area contributed by atoms with Gasteiger partial charge in [-0.2, -0.15) is 0 Å². The average molecular weight is 385 g/mol. The van der Waals surface area contributed by atoms with Gasteiger partial charge in [-0.3, -0.25) is 9.78 Å². The lowest BCUT2D eigenvalue weighted by Crippen LogP contribution is -2.27. The minimum atomic E-state index is -0.455. The van der Waals surface area contributed by atoms with Crippen molar-refractivity contribution in [2.24, 2.45) is 11.8 Å². The molecule has 0 atom stereocenters. The Morgan fingerprint density at radius 2 is 1.89 bits per heavy atom. The first-order chi connectivity index (χ1) is 13.3. The molecule has 0 aliphatic carbocycles. The Kier molecular flexibility index (Phi) is 5.82. The minimum absolute atomic E-state index is 0.109. The van der Waals surface area contributed by atoms with Gasteiger partial charge in [0.2, 0.25) is 0 Å². The number of H-pyrrole nitrogens is 1. The predicted octanol–water partition coefficient (Wildman–Crippen LogP) is 3.75. The standard InChI is InChI=1S/C21H28FN5O/c1-12(2)8-14-6-7-16(23-5)21(28)27(14)11-18-25-19-15(22)10-24-17(9-13(3)4)20(19)26-18/h6-7,10,12-13,23H,8-9,11H2,1-5H3,(H,25,26). The van der Waals surface area contributed by atoms with E-state index in [1.807, 2.05) is 6.07 Å². The molecule has 6 nitrogen and oxygen atoms in total. The molecule has 7 heteroatoms. The van der Waals surface area contributed by atoms with E-state index in [0.29, 0.717) is 28.9 Å². The van der Waals surface area contributed by atoms with Crippen LogP contribution in [0.25, 0.3) is 11.0 Å². The van der Waals surface area contributed by atoms with E-state index >= 15 is 0 Å². The Hall–Kier alpha value is -2.70. The highest BCUT2D eigenvalue weighted by molar-refractivity contribution is 5.77. The first kappa shape index (κ1) is 20.0. The smallest absolute Gasteiger partial charge is 0.274 e. The van der Waals surface area contributed by atoms with E-state index in [2.05, 4.69) is 48.0 Å². The first-order valence-electron chi connectivity index (χ1n) is 9.72. The molecule has 3 rings (SSSR count). The van der Waals surface area contributed by atoms with Crippen molar-refractivity contribution >= 4 is 16.7 Å². The van der Waals surface area contributed by atoms with Crippen molar-refractivity contribution in [3.8, 4) is 0 Å². The maximum absolute atomic E-state index is 14.3. The molecule has 0 fully saturated rings. The fourth-order valence-corrected chi connectivity index (χ4v) is 3.41. The van der Waals surface area contributed by atoms with Crippen LogP contribution in [0.15, 0.2) is 23.1 Å². The molecule has 0 saturated heterocycles. The number of aromatic amines is 1. The van der Waals surface area contributed by atoms with Gasteiger partial charge in [-0.05, 0) is 36.8 Å². The fourth-order valence-electron chi connectivity index (χ4n) is 3.41. The monoisotopic (exact) mass is 385 g/mol. The van der Waals surface area contributed by atoms with E-state index < -0.39 is 5.82 Å². The van der Waals surface area contributed by atoms with Gasteiger partial charge >= 0.3 is 0 Å². The quantitative estimate of drug-likeness (QED) is 0.650. The summed E-state index contributed by atoms with van der Waals surface area (Å²) < 4.78 is 16.0. The number of anilines is 1. The normalized spacial score (nSPS) is 11.7. The molecule has 3 aromatic heterocycles. The Bertz CT molecular complexity index is 1040. The molecular weight excluding hydrogens is 357 g/mol. The SMILES string of the molecule is CNc1ccc(CC(C)C)n(Cc2nc3c(F)cnc(CC(C)C)c3[nH]2)c1=O. The lowest BCUT2D eigenvalue weighted by Gasteiger charge is -2.15. The Labute approximate surface area is 164 Å². The molecule has 150 valence electrons. The molecule has 3 heterocycles. The van der Waals surface area contributed by atoms with E-state index in [9.17, 15) is 9.18 Å². The van der Waals surface area contributed by atoms with Gasteiger partial charge in [0.05, 0.1) is 24.0 Å². The number of nitrogens with zero attached hydrogens (tertiary/aromatic N) is 3. The van der Waals surface area contributed by atoms with Crippen molar-refractivity contribution in [1.82, 2.24) is 19.5 Å². The molecule has 0 unspecified atom stereocenters. The highest BCUT2D eigenvalue weighted by Crippen LogP contribution is 2.21. The van der Waals surface area contributed by atoms with E-state index in [1.165, 1.54) is 6.20 Å². The van der Waals surface area contributed by atoms with Crippen molar-refractivity contribution < 1.29 is 4.39 Å². The number of fused-ring (bicyclic) bond motifs is 1. The Morgan fingerprint density at radius 3 is 2.54 bits per heavy atom. The summed E-state index contributed by atoms with van der Waals surface area (Å²) in [7, 11) is 1.73. The average Bonchev–Trinajstić information content (AvgIpc) is 3.05. The second-order valence-corrected chi connectivity index (χ2v) is 8.04. The summed E-state index contributed by atoms with van der Waals surface area (Å²) in [4.78, 5) is 24.8. The second-order valence-electron chi connectivity index (χ2n) is 8.04. The molecule has 3 aromatic rings. The number of nitrogens with one attached hydrogen (secondary N) is 2. The molecule has 0 spiro atoms. The molecule has 0 aromatic carbocycles. The van der Waals surface area contributed by atoms with Crippen molar-refractivity contribution in [2.45, 2.75) is 47.1 Å². The summed E-state index contributed by atoms with van der Waals surface area (Å²) in [5.74, 6) is 0.887. The summed E-state index contributed by atoms with van der Waals surface area (Å²) in [5.41, 5.74) is 3.04. The number of halogens is 1. The van der Waals surface area contributed by atoms with Crippen LogP contribution in [0.2, 0.25) is 0 Å². The number of pyridine rings is 2. The number of aromatic nitrogens is 4.